The van der Waals surface area contributed by atoms with E-state index in [-0.39, 0.29) is 6.54 Å². The number of aliphatic hydroxyl groups is 1. The fourth-order valence-corrected chi connectivity index (χ4v) is 1.31. The summed E-state index contributed by atoms with van der Waals surface area (Å²) in [6.45, 7) is 3.92. The predicted octanol–water partition coefficient (Wildman–Crippen LogP) is 2.43. The lowest BCUT2D eigenvalue weighted by Gasteiger charge is -2.19. The number of ether oxygens (including phenoxy) is 1. The second-order valence-corrected chi connectivity index (χ2v) is 3.47. The Kier molecular flexibility index (Phi) is 5.82. The normalized spacial score (nSPS) is 13.5. The minimum absolute atomic E-state index is 0.0799. The Balaban J connectivity index is 2.54. The molecule has 1 rings (SSSR count). The van der Waals surface area contributed by atoms with Gasteiger partial charge in [0.15, 0.2) is 0 Å². The van der Waals surface area contributed by atoms with E-state index in [9.17, 15) is 5.11 Å². The van der Waals surface area contributed by atoms with E-state index in [1.165, 1.54) is 6.08 Å². The molecule has 0 saturated heterocycles. The van der Waals surface area contributed by atoms with Gasteiger partial charge in [0, 0.05) is 4.91 Å². The van der Waals surface area contributed by atoms with Crippen LogP contribution in [0, 0.1) is 0 Å². The highest BCUT2D eigenvalue weighted by atomic mass is 16.5. The fourth-order valence-electron chi connectivity index (χ4n) is 1.31. The summed E-state index contributed by atoms with van der Waals surface area (Å²) >= 11 is 0. The van der Waals surface area contributed by atoms with Crippen LogP contribution >= 0.6 is 0 Å². The Bertz CT molecular complexity index is 388. The van der Waals surface area contributed by atoms with Crippen LogP contribution < -0.4 is 0 Å². The lowest BCUT2D eigenvalue weighted by molar-refractivity contribution is -0.0206. The lowest BCUT2D eigenvalue weighted by atomic mass is 10.2. The number of aliphatic hydroxyl groups excluding tert-OH is 1. The number of azide groups is 1. The second kappa shape index (κ2) is 7.46. The summed E-state index contributed by atoms with van der Waals surface area (Å²) in [5, 5.41) is 13.0. The molecule has 0 aliphatic heterocycles. The summed E-state index contributed by atoms with van der Waals surface area (Å²) < 4.78 is 5.50. The molecule has 0 aliphatic carbocycles. The zero-order valence-corrected chi connectivity index (χ0v) is 9.44. The van der Waals surface area contributed by atoms with Gasteiger partial charge in [-0.1, -0.05) is 41.5 Å². The molecule has 0 fully saturated rings. The zero-order valence-electron chi connectivity index (χ0n) is 9.44. The molecular weight excluding hydrogens is 218 g/mol. The molecule has 0 aromatic heterocycles. The van der Waals surface area contributed by atoms with Gasteiger partial charge in [0.05, 0.1) is 25.4 Å². The first kappa shape index (κ1) is 13.3. The average Bonchev–Trinajstić information content (AvgIpc) is 2.39. The molecule has 5 heteroatoms. The molecule has 1 N–H and O–H groups in total. The van der Waals surface area contributed by atoms with E-state index >= 15 is 0 Å². The number of nitrogens with zero attached hydrogens (tertiary/aromatic N) is 3. The fraction of sp³-hybridized carbons (Fsp3) is 0.333. The molecule has 0 aliphatic rings. The average molecular weight is 233 g/mol. The van der Waals surface area contributed by atoms with E-state index in [4.69, 9.17) is 10.3 Å². The van der Waals surface area contributed by atoms with E-state index in [0.29, 0.717) is 6.61 Å². The van der Waals surface area contributed by atoms with Crippen molar-refractivity contribution in [2.45, 2.75) is 18.8 Å². The first-order chi connectivity index (χ1) is 8.27. The Labute approximate surface area is 100.0 Å². The van der Waals surface area contributed by atoms with Crippen molar-refractivity contribution in [1.82, 2.24) is 0 Å². The first-order valence-corrected chi connectivity index (χ1v) is 5.25. The molecule has 0 radical (unpaired) electrons. The van der Waals surface area contributed by atoms with Gasteiger partial charge in [-0.15, -0.1) is 6.58 Å². The molecule has 0 saturated carbocycles. The molecule has 1 aromatic rings. The highest BCUT2D eigenvalue weighted by Gasteiger charge is 2.16. The molecule has 0 heterocycles. The summed E-state index contributed by atoms with van der Waals surface area (Å²) in [5.74, 6) is 0. The van der Waals surface area contributed by atoms with Crippen molar-refractivity contribution < 1.29 is 9.84 Å². The van der Waals surface area contributed by atoms with Gasteiger partial charge in [0.1, 0.15) is 0 Å². The van der Waals surface area contributed by atoms with Gasteiger partial charge < -0.3 is 9.84 Å². The minimum atomic E-state index is -0.843. The maximum absolute atomic E-state index is 9.60. The molecule has 5 nitrogen and oxygen atoms in total. The third-order valence-corrected chi connectivity index (χ3v) is 2.25. The quantitative estimate of drug-likeness (QED) is 0.340. The van der Waals surface area contributed by atoms with Crippen molar-refractivity contribution in [3.05, 3.63) is 59.0 Å². The second-order valence-electron chi connectivity index (χ2n) is 3.47. The highest BCUT2D eigenvalue weighted by molar-refractivity contribution is 5.13. The van der Waals surface area contributed by atoms with Crippen LogP contribution in [0.2, 0.25) is 0 Å². The van der Waals surface area contributed by atoms with Crippen molar-refractivity contribution in [3.63, 3.8) is 0 Å². The lowest BCUT2D eigenvalue weighted by Crippen LogP contribution is -2.29. The Morgan fingerprint density at radius 2 is 2.18 bits per heavy atom. The third-order valence-electron chi connectivity index (χ3n) is 2.25. The summed E-state index contributed by atoms with van der Waals surface area (Å²) in [7, 11) is 0. The van der Waals surface area contributed by atoms with Crippen molar-refractivity contribution in [1.29, 1.82) is 0 Å². The minimum Gasteiger partial charge on any atom is -0.386 e. The Hall–Kier alpha value is -1.81. The standard InChI is InChI=1S/C12H15N3O2/c1-2-11(16)12(8-14-15-13)17-9-10-6-4-3-5-7-10/h2-7,11-12,16H,1,8-9H2/t11-,12+/m1/s1. The summed E-state index contributed by atoms with van der Waals surface area (Å²) in [5.41, 5.74) is 9.25. The van der Waals surface area contributed by atoms with Crippen molar-refractivity contribution in [3.8, 4) is 0 Å². The first-order valence-electron chi connectivity index (χ1n) is 5.25. The molecule has 1 aromatic carbocycles. The van der Waals surface area contributed by atoms with Crippen molar-refractivity contribution in [2.24, 2.45) is 5.11 Å². The monoisotopic (exact) mass is 233 g/mol. The van der Waals surface area contributed by atoms with E-state index < -0.39 is 12.2 Å². The highest BCUT2D eigenvalue weighted by Crippen LogP contribution is 2.07. The van der Waals surface area contributed by atoms with E-state index in [0.717, 1.165) is 5.56 Å². The number of hydrogen-bond donors (Lipinski definition) is 1. The molecular formula is C12H15N3O2. The van der Waals surface area contributed by atoms with Crippen molar-refractivity contribution >= 4 is 0 Å². The molecule has 2 atom stereocenters. The van der Waals surface area contributed by atoms with Gasteiger partial charge >= 0.3 is 0 Å². The van der Waals surface area contributed by atoms with Gasteiger partial charge in [-0.3, -0.25) is 0 Å². The van der Waals surface area contributed by atoms with Gasteiger partial charge in [0.2, 0.25) is 0 Å². The van der Waals surface area contributed by atoms with Crippen LogP contribution in [0.15, 0.2) is 48.1 Å². The third kappa shape index (κ3) is 4.70. The summed E-state index contributed by atoms with van der Waals surface area (Å²) in [4.78, 5) is 2.65. The SMILES string of the molecule is C=C[C@@H](O)[C@H](CN=[N+]=[N-])OCc1ccccc1. The van der Waals surface area contributed by atoms with E-state index in [1.807, 2.05) is 30.3 Å². The Morgan fingerprint density at radius 3 is 2.76 bits per heavy atom. The van der Waals surface area contributed by atoms with E-state index in [1.54, 1.807) is 0 Å². The van der Waals surface area contributed by atoms with Crippen LogP contribution in [0.3, 0.4) is 0 Å². The van der Waals surface area contributed by atoms with Gasteiger partial charge in [-0.25, -0.2) is 0 Å². The number of rotatable bonds is 7. The van der Waals surface area contributed by atoms with Crippen LogP contribution in [0.1, 0.15) is 5.56 Å². The molecule has 0 unspecified atom stereocenters. The van der Waals surface area contributed by atoms with Crippen molar-refractivity contribution in [2.75, 3.05) is 6.54 Å². The largest absolute Gasteiger partial charge is 0.386 e. The van der Waals surface area contributed by atoms with Crippen LogP contribution in [0.25, 0.3) is 10.4 Å². The molecule has 90 valence electrons. The topological polar surface area (TPSA) is 78.2 Å². The number of benzene rings is 1. The Morgan fingerprint density at radius 1 is 1.47 bits per heavy atom. The van der Waals surface area contributed by atoms with Gasteiger partial charge in [0.25, 0.3) is 0 Å². The van der Waals surface area contributed by atoms with Crippen LogP contribution in [-0.2, 0) is 11.3 Å². The summed E-state index contributed by atoms with van der Waals surface area (Å²) in [6, 6.07) is 9.57. The molecule has 0 spiro atoms. The smallest absolute Gasteiger partial charge is 0.0981 e. The van der Waals surface area contributed by atoms with E-state index in [2.05, 4.69) is 16.6 Å². The van der Waals surface area contributed by atoms with Crippen LogP contribution in [-0.4, -0.2) is 23.9 Å². The van der Waals surface area contributed by atoms with Crippen LogP contribution in [0.4, 0.5) is 0 Å². The van der Waals surface area contributed by atoms with Gasteiger partial charge in [-0.05, 0) is 11.1 Å². The predicted molar refractivity (Wildman–Crippen MR) is 65.2 cm³/mol. The van der Waals surface area contributed by atoms with Crippen LogP contribution in [0.5, 0.6) is 0 Å². The number of hydrogen-bond acceptors (Lipinski definition) is 3. The molecule has 17 heavy (non-hydrogen) atoms. The summed E-state index contributed by atoms with van der Waals surface area (Å²) in [6.07, 6.45) is -0.0458. The zero-order chi connectivity index (χ0) is 12.5. The molecule has 0 bridgehead atoms. The van der Waals surface area contributed by atoms with Gasteiger partial charge in [-0.2, -0.15) is 0 Å². The molecule has 0 amide bonds. The maximum atomic E-state index is 9.60. The maximum Gasteiger partial charge on any atom is 0.0981 e.